The maximum atomic E-state index is 9.62. The van der Waals surface area contributed by atoms with Crippen molar-refractivity contribution in [1.82, 2.24) is 0 Å². The number of rotatable bonds is 5. The fraction of sp³-hybridized carbons (Fsp3) is 0.111. The number of thioether (sulfide) groups is 2. The number of nitrogens with one attached hydrogen (secondary N) is 1. The first-order valence-corrected chi connectivity index (χ1v) is 12.6. The summed E-state index contributed by atoms with van der Waals surface area (Å²) in [5.41, 5.74) is 5.24. The number of benzene rings is 4. The van der Waals surface area contributed by atoms with Crippen LogP contribution in [0.3, 0.4) is 0 Å². The van der Waals surface area contributed by atoms with E-state index in [9.17, 15) is 5.11 Å². The molecule has 0 aliphatic carbocycles. The summed E-state index contributed by atoms with van der Waals surface area (Å²) in [6.45, 7) is 3.14. The molecule has 0 unspecified atom stereocenters. The van der Waals surface area contributed by atoms with E-state index in [1.807, 2.05) is 12.1 Å². The number of phenols is 1. The van der Waals surface area contributed by atoms with E-state index in [4.69, 9.17) is 9.98 Å². The molecular weight excluding hydrogens is 446 g/mol. The third kappa shape index (κ3) is 3.69. The maximum absolute atomic E-state index is 9.62. The Kier molecular flexibility index (Phi) is 5.12. The Hall–Kier alpha value is -3.22. The lowest BCUT2D eigenvalue weighted by Gasteiger charge is -2.22. The first-order valence-electron chi connectivity index (χ1n) is 11.0. The molecule has 0 bridgehead atoms. The summed E-state index contributed by atoms with van der Waals surface area (Å²) >= 11 is 3.39. The Morgan fingerprint density at radius 1 is 0.697 bits per heavy atom. The molecule has 33 heavy (non-hydrogen) atoms. The molecule has 6 rings (SSSR count). The molecule has 4 nitrogen and oxygen atoms in total. The van der Waals surface area contributed by atoms with Crippen molar-refractivity contribution in [2.75, 3.05) is 11.9 Å². The number of anilines is 1. The van der Waals surface area contributed by atoms with Gasteiger partial charge in [-0.2, -0.15) is 0 Å². The third-order valence-electron chi connectivity index (χ3n) is 5.72. The summed E-state index contributed by atoms with van der Waals surface area (Å²) in [5, 5.41) is 17.4. The van der Waals surface area contributed by atoms with E-state index in [1.165, 1.54) is 20.6 Å². The van der Waals surface area contributed by atoms with Gasteiger partial charge in [0.15, 0.2) is 0 Å². The van der Waals surface area contributed by atoms with Crippen LogP contribution >= 0.6 is 23.5 Å². The van der Waals surface area contributed by atoms with Crippen molar-refractivity contribution in [1.29, 1.82) is 0 Å². The van der Waals surface area contributed by atoms with Crippen LogP contribution in [0, 0.1) is 0 Å². The van der Waals surface area contributed by atoms with Crippen LogP contribution in [0.2, 0.25) is 0 Å². The van der Waals surface area contributed by atoms with Crippen molar-refractivity contribution in [3.8, 4) is 5.75 Å². The van der Waals surface area contributed by atoms with Crippen LogP contribution in [-0.2, 0) is 0 Å². The van der Waals surface area contributed by atoms with Gasteiger partial charge in [0.05, 0.1) is 11.4 Å². The number of aromatic hydroxyl groups is 1. The molecule has 6 heteroatoms. The Bertz CT molecular complexity index is 1440. The summed E-state index contributed by atoms with van der Waals surface area (Å²) in [6.07, 6.45) is 1.11. The molecule has 0 aromatic heterocycles. The molecule has 162 valence electrons. The second-order valence-corrected chi connectivity index (χ2v) is 10.1. The molecular formula is C27H21N3OS2. The average molecular weight is 468 g/mol. The minimum absolute atomic E-state index is 0.261. The van der Waals surface area contributed by atoms with Gasteiger partial charge in [-0.25, -0.2) is 9.98 Å². The average Bonchev–Trinajstić information content (AvgIpc) is 2.86. The van der Waals surface area contributed by atoms with E-state index in [2.05, 4.69) is 60.8 Å². The van der Waals surface area contributed by atoms with E-state index in [0.29, 0.717) is 0 Å². The molecule has 4 aromatic rings. The lowest BCUT2D eigenvalue weighted by Crippen LogP contribution is -2.03. The van der Waals surface area contributed by atoms with Crippen molar-refractivity contribution in [2.24, 2.45) is 9.98 Å². The number of aliphatic imine (C=N–C) groups is 2. The lowest BCUT2D eigenvalue weighted by atomic mass is 10.1. The SMILES string of the molecule is CCCNc1ccc(C2=Nc3ccc4c5c(ccc(c35)S2)N=C(c2ccc(O)cc2)S4)cc1. The van der Waals surface area contributed by atoms with Crippen molar-refractivity contribution >= 4 is 61.4 Å². The molecule has 2 aliphatic rings. The second-order valence-electron chi connectivity index (χ2n) is 8.00. The summed E-state index contributed by atoms with van der Waals surface area (Å²) in [4.78, 5) is 12.4. The summed E-state index contributed by atoms with van der Waals surface area (Å²) in [6, 6.07) is 24.3. The van der Waals surface area contributed by atoms with Gasteiger partial charge in [-0.05, 0) is 67.1 Å². The second kappa shape index (κ2) is 8.28. The van der Waals surface area contributed by atoms with Crippen LogP contribution in [0.15, 0.2) is 92.6 Å². The van der Waals surface area contributed by atoms with E-state index in [-0.39, 0.29) is 5.75 Å². The number of phenolic OH excluding ortho intramolecular Hbond substituents is 1. The van der Waals surface area contributed by atoms with Crippen molar-refractivity contribution < 1.29 is 5.11 Å². The summed E-state index contributed by atoms with van der Waals surface area (Å²) in [5.74, 6) is 0.261. The normalized spacial score (nSPS) is 14.1. The highest BCUT2D eigenvalue weighted by molar-refractivity contribution is 8.15. The molecule has 0 spiro atoms. The summed E-state index contributed by atoms with van der Waals surface area (Å²) < 4.78 is 0. The zero-order valence-corrected chi connectivity index (χ0v) is 19.6. The third-order valence-corrected chi connectivity index (χ3v) is 7.88. The van der Waals surface area contributed by atoms with Crippen LogP contribution in [0.4, 0.5) is 17.1 Å². The smallest absolute Gasteiger partial charge is 0.115 e. The summed E-state index contributed by atoms with van der Waals surface area (Å²) in [7, 11) is 0. The van der Waals surface area contributed by atoms with Gasteiger partial charge in [-0.15, -0.1) is 0 Å². The monoisotopic (exact) mass is 467 g/mol. The van der Waals surface area contributed by atoms with Gasteiger partial charge in [0.2, 0.25) is 0 Å². The number of hydrogen-bond donors (Lipinski definition) is 2. The highest BCUT2D eigenvalue weighted by atomic mass is 32.2. The Morgan fingerprint density at radius 3 is 1.73 bits per heavy atom. The van der Waals surface area contributed by atoms with Crippen molar-refractivity contribution in [2.45, 2.75) is 23.1 Å². The Balaban J connectivity index is 1.39. The topological polar surface area (TPSA) is 57.0 Å². The van der Waals surface area contributed by atoms with Crippen LogP contribution in [0.5, 0.6) is 5.75 Å². The molecule has 2 heterocycles. The van der Waals surface area contributed by atoms with Crippen molar-refractivity contribution in [3.05, 3.63) is 83.9 Å². The molecule has 0 radical (unpaired) electrons. The minimum Gasteiger partial charge on any atom is -0.508 e. The van der Waals surface area contributed by atoms with Crippen LogP contribution in [0.1, 0.15) is 24.5 Å². The molecule has 2 aliphatic heterocycles. The van der Waals surface area contributed by atoms with Gasteiger partial charge < -0.3 is 10.4 Å². The molecule has 0 saturated carbocycles. The largest absolute Gasteiger partial charge is 0.508 e. The Morgan fingerprint density at radius 2 is 1.21 bits per heavy atom. The Labute approximate surface area is 200 Å². The zero-order chi connectivity index (χ0) is 22.4. The number of nitrogens with zero attached hydrogens (tertiary/aromatic N) is 2. The minimum atomic E-state index is 0.261. The maximum Gasteiger partial charge on any atom is 0.115 e. The fourth-order valence-corrected chi connectivity index (χ4v) is 6.18. The standard InChI is InChI=1S/C27H21N3OS2/c1-2-15-28-18-7-3-16(4-8-18)26-29-20-11-14-23-25-21(12-13-22(32-26)24(20)25)30-27(33-23)17-5-9-19(31)10-6-17/h3-14,28,31H,2,15H2,1H3. The van der Waals surface area contributed by atoms with Crippen LogP contribution < -0.4 is 5.32 Å². The highest BCUT2D eigenvalue weighted by Gasteiger charge is 2.24. The molecule has 0 amide bonds. The van der Waals surface area contributed by atoms with Gasteiger partial charge in [0.25, 0.3) is 0 Å². The van der Waals surface area contributed by atoms with Crippen LogP contribution in [-0.4, -0.2) is 21.7 Å². The van der Waals surface area contributed by atoms with Gasteiger partial charge in [0, 0.05) is 43.9 Å². The van der Waals surface area contributed by atoms with Gasteiger partial charge in [-0.3, -0.25) is 0 Å². The van der Waals surface area contributed by atoms with E-state index in [0.717, 1.165) is 51.2 Å². The molecule has 0 saturated heterocycles. The first kappa shape index (κ1) is 20.4. The van der Waals surface area contributed by atoms with Gasteiger partial charge >= 0.3 is 0 Å². The zero-order valence-electron chi connectivity index (χ0n) is 18.0. The molecule has 0 atom stereocenters. The van der Waals surface area contributed by atoms with Crippen LogP contribution in [0.25, 0.3) is 10.8 Å². The molecule has 2 N–H and O–H groups in total. The van der Waals surface area contributed by atoms with Gasteiger partial charge in [0.1, 0.15) is 15.8 Å². The van der Waals surface area contributed by atoms with E-state index >= 15 is 0 Å². The molecule has 0 fully saturated rings. The van der Waals surface area contributed by atoms with Gasteiger partial charge in [-0.1, -0.05) is 42.6 Å². The fourth-order valence-electron chi connectivity index (χ4n) is 4.08. The quantitative estimate of drug-likeness (QED) is 0.315. The lowest BCUT2D eigenvalue weighted by molar-refractivity contribution is 0.475. The molecule has 4 aromatic carbocycles. The first-order chi connectivity index (χ1) is 16.2. The van der Waals surface area contributed by atoms with Crippen molar-refractivity contribution in [3.63, 3.8) is 0 Å². The highest BCUT2D eigenvalue weighted by Crippen LogP contribution is 2.50. The number of hydrogen-bond acceptors (Lipinski definition) is 6. The predicted molar refractivity (Wildman–Crippen MR) is 141 cm³/mol. The predicted octanol–water partition coefficient (Wildman–Crippen LogP) is 7.74. The van der Waals surface area contributed by atoms with E-state index in [1.54, 1.807) is 35.7 Å². The van der Waals surface area contributed by atoms with E-state index < -0.39 is 0 Å².